The zero-order chi connectivity index (χ0) is 23.8. The van der Waals surface area contributed by atoms with Gasteiger partial charge in [0, 0.05) is 12.6 Å². The molecular formula is C24H26N2O5S2. The summed E-state index contributed by atoms with van der Waals surface area (Å²) in [4.78, 5) is 0.239. The van der Waals surface area contributed by atoms with Crippen molar-refractivity contribution in [1.82, 2.24) is 8.61 Å². The molecule has 1 saturated heterocycles. The fourth-order valence-corrected chi connectivity index (χ4v) is 7.55. The summed E-state index contributed by atoms with van der Waals surface area (Å²) in [6, 6.07) is 20.8. The molecule has 0 amide bonds. The molecule has 3 aromatic rings. The van der Waals surface area contributed by atoms with Crippen LogP contribution < -0.4 is 4.74 Å². The number of rotatable bonds is 6. The van der Waals surface area contributed by atoms with Gasteiger partial charge in [-0.25, -0.2) is 16.8 Å². The summed E-state index contributed by atoms with van der Waals surface area (Å²) in [7, 11) is -6.43. The summed E-state index contributed by atoms with van der Waals surface area (Å²) in [6.45, 7) is 3.63. The third kappa shape index (κ3) is 4.29. The standard InChI is InChI=1S/C24H26N2O5S2/c1-18-9-15-23(16-10-18)32(27,28)25-17-19(2)26(33(29,30)22-7-5-4-6-8-22)24(25)20-11-13-21(31-3)14-12-20/h4-16,19,24H,17H2,1-3H3/t19-,24-/m1/s1. The van der Waals surface area contributed by atoms with Gasteiger partial charge in [-0.3, -0.25) is 0 Å². The van der Waals surface area contributed by atoms with Crippen LogP contribution in [0.3, 0.4) is 0 Å². The first-order chi connectivity index (χ1) is 15.7. The van der Waals surface area contributed by atoms with Crippen molar-refractivity contribution in [3.63, 3.8) is 0 Å². The Hall–Kier alpha value is -2.72. The normalized spacial score (nSPS) is 20.1. The third-order valence-electron chi connectivity index (χ3n) is 5.75. The van der Waals surface area contributed by atoms with Gasteiger partial charge in [-0.05, 0) is 55.8 Å². The van der Waals surface area contributed by atoms with E-state index >= 15 is 0 Å². The van der Waals surface area contributed by atoms with Gasteiger partial charge in [0.25, 0.3) is 0 Å². The summed E-state index contributed by atoms with van der Waals surface area (Å²) in [5, 5.41) is 0. The Morgan fingerprint density at radius 2 is 1.36 bits per heavy atom. The van der Waals surface area contributed by atoms with Crippen LogP contribution >= 0.6 is 0 Å². The van der Waals surface area contributed by atoms with Gasteiger partial charge in [0.1, 0.15) is 11.9 Å². The molecule has 174 valence electrons. The molecule has 0 unspecified atom stereocenters. The maximum absolute atomic E-state index is 13.7. The topological polar surface area (TPSA) is 84.0 Å². The van der Waals surface area contributed by atoms with Crippen molar-refractivity contribution < 1.29 is 21.6 Å². The molecule has 1 aliphatic rings. The van der Waals surface area contributed by atoms with Gasteiger partial charge in [0.2, 0.25) is 20.0 Å². The van der Waals surface area contributed by atoms with E-state index in [0.717, 1.165) is 5.56 Å². The second kappa shape index (κ2) is 8.90. The third-order valence-corrected chi connectivity index (χ3v) is 9.57. The van der Waals surface area contributed by atoms with E-state index in [9.17, 15) is 16.8 Å². The van der Waals surface area contributed by atoms with Gasteiger partial charge in [-0.1, -0.05) is 48.0 Å². The maximum atomic E-state index is 13.7. The maximum Gasteiger partial charge on any atom is 0.245 e. The van der Waals surface area contributed by atoms with Gasteiger partial charge in [-0.2, -0.15) is 8.61 Å². The molecule has 3 aromatic carbocycles. The number of benzene rings is 3. The minimum atomic E-state index is -3.99. The van der Waals surface area contributed by atoms with Gasteiger partial charge < -0.3 is 4.74 Å². The van der Waals surface area contributed by atoms with E-state index in [2.05, 4.69) is 0 Å². The van der Waals surface area contributed by atoms with Gasteiger partial charge in [-0.15, -0.1) is 0 Å². The monoisotopic (exact) mass is 486 g/mol. The Bertz CT molecular complexity index is 1320. The van der Waals surface area contributed by atoms with Crippen molar-refractivity contribution in [1.29, 1.82) is 0 Å². The van der Waals surface area contributed by atoms with E-state index in [0.29, 0.717) is 11.3 Å². The highest BCUT2D eigenvalue weighted by Crippen LogP contribution is 2.41. The van der Waals surface area contributed by atoms with Crippen molar-refractivity contribution >= 4 is 20.0 Å². The highest BCUT2D eigenvalue weighted by molar-refractivity contribution is 7.90. The van der Waals surface area contributed by atoms with E-state index in [-0.39, 0.29) is 16.3 Å². The molecule has 0 radical (unpaired) electrons. The van der Waals surface area contributed by atoms with Crippen molar-refractivity contribution in [2.24, 2.45) is 0 Å². The van der Waals surface area contributed by atoms with Crippen molar-refractivity contribution in [2.45, 2.75) is 35.8 Å². The summed E-state index contributed by atoms with van der Waals surface area (Å²) in [5.41, 5.74) is 1.47. The quantitative estimate of drug-likeness (QED) is 0.529. The molecule has 0 aliphatic carbocycles. The van der Waals surface area contributed by atoms with Crippen molar-refractivity contribution in [3.05, 3.63) is 90.0 Å². The molecule has 0 spiro atoms. The van der Waals surface area contributed by atoms with Crippen LogP contribution in [0.15, 0.2) is 88.7 Å². The van der Waals surface area contributed by atoms with Gasteiger partial charge >= 0.3 is 0 Å². The molecule has 1 aliphatic heterocycles. The first-order valence-corrected chi connectivity index (χ1v) is 13.4. The molecule has 0 bridgehead atoms. The Labute approximate surface area is 195 Å². The highest BCUT2D eigenvalue weighted by Gasteiger charge is 2.50. The van der Waals surface area contributed by atoms with Crippen LogP contribution in [-0.4, -0.2) is 45.1 Å². The average molecular weight is 487 g/mol. The molecule has 0 N–H and O–H groups in total. The zero-order valence-corrected chi connectivity index (χ0v) is 20.3. The lowest BCUT2D eigenvalue weighted by Crippen LogP contribution is -2.39. The van der Waals surface area contributed by atoms with E-state index in [4.69, 9.17) is 4.74 Å². The minimum Gasteiger partial charge on any atom is -0.497 e. The first kappa shape index (κ1) is 23.4. The number of nitrogens with zero attached hydrogens (tertiary/aromatic N) is 2. The van der Waals surface area contributed by atoms with Crippen LogP contribution in [0.2, 0.25) is 0 Å². The lowest BCUT2D eigenvalue weighted by molar-refractivity contribution is 0.275. The van der Waals surface area contributed by atoms with Crippen LogP contribution in [0.4, 0.5) is 0 Å². The van der Waals surface area contributed by atoms with Crippen LogP contribution in [0.25, 0.3) is 0 Å². The van der Waals surface area contributed by atoms with Crippen LogP contribution in [-0.2, 0) is 20.0 Å². The number of methoxy groups -OCH3 is 1. The molecule has 0 saturated carbocycles. The van der Waals surface area contributed by atoms with Crippen molar-refractivity contribution in [3.8, 4) is 5.75 Å². The van der Waals surface area contributed by atoms with Crippen LogP contribution in [0.1, 0.15) is 24.2 Å². The molecule has 2 atom stereocenters. The van der Waals surface area contributed by atoms with Gasteiger partial charge in [0.05, 0.1) is 16.9 Å². The summed E-state index contributed by atoms with van der Waals surface area (Å²) >= 11 is 0. The first-order valence-electron chi connectivity index (χ1n) is 10.5. The Kier molecular flexibility index (Phi) is 6.32. The summed E-state index contributed by atoms with van der Waals surface area (Å²) in [6.07, 6.45) is -1.04. The zero-order valence-electron chi connectivity index (χ0n) is 18.6. The fraction of sp³-hybridized carbons (Fsp3) is 0.250. The Morgan fingerprint density at radius 1 is 0.788 bits per heavy atom. The summed E-state index contributed by atoms with van der Waals surface area (Å²) < 4.78 is 62.5. The predicted molar refractivity (Wildman–Crippen MR) is 126 cm³/mol. The molecule has 0 aromatic heterocycles. The van der Waals surface area contributed by atoms with Crippen LogP contribution in [0.5, 0.6) is 5.75 Å². The van der Waals surface area contributed by atoms with E-state index in [1.165, 1.54) is 27.9 Å². The number of ether oxygens (including phenoxy) is 1. The highest BCUT2D eigenvalue weighted by atomic mass is 32.2. The van der Waals surface area contributed by atoms with E-state index < -0.39 is 32.3 Å². The predicted octanol–water partition coefficient (Wildman–Crippen LogP) is 3.79. The van der Waals surface area contributed by atoms with Crippen molar-refractivity contribution in [2.75, 3.05) is 13.7 Å². The largest absolute Gasteiger partial charge is 0.497 e. The molecule has 33 heavy (non-hydrogen) atoms. The average Bonchev–Trinajstić information content (AvgIpc) is 3.18. The molecule has 1 heterocycles. The smallest absolute Gasteiger partial charge is 0.245 e. The number of hydrogen-bond donors (Lipinski definition) is 0. The number of hydrogen-bond acceptors (Lipinski definition) is 5. The fourth-order valence-electron chi connectivity index (χ4n) is 4.06. The molecular weight excluding hydrogens is 460 g/mol. The van der Waals surface area contributed by atoms with E-state index in [1.807, 2.05) is 6.92 Å². The second-order valence-electron chi connectivity index (χ2n) is 8.03. The molecule has 1 fully saturated rings. The summed E-state index contributed by atoms with van der Waals surface area (Å²) in [5.74, 6) is 0.593. The second-order valence-corrected chi connectivity index (χ2v) is 11.8. The Balaban J connectivity index is 1.87. The SMILES string of the molecule is COc1ccc([C@@H]2N(S(=O)(=O)c3ccc(C)cc3)C[C@@H](C)N2S(=O)(=O)c2ccccc2)cc1. The molecule has 7 nitrogen and oxygen atoms in total. The number of aryl methyl sites for hydroxylation is 1. The Morgan fingerprint density at radius 3 is 1.94 bits per heavy atom. The minimum absolute atomic E-state index is 0.0268. The molecule has 9 heteroatoms. The lowest BCUT2D eigenvalue weighted by atomic mass is 10.1. The molecule has 4 rings (SSSR count). The van der Waals surface area contributed by atoms with Gasteiger partial charge in [0.15, 0.2) is 0 Å². The lowest BCUT2D eigenvalue weighted by Gasteiger charge is -2.30. The van der Waals surface area contributed by atoms with E-state index in [1.54, 1.807) is 73.7 Å². The number of sulfonamides is 2. The van der Waals surface area contributed by atoms with Crippen LogP contribution in [0, 0.1) is 6.92 Å².